The second-order valence-corrected chi connectivity index (χ2v) is 4.21. The van der Waals surface area contributed by atoms with Gasteiger partial charge in [-0.2, -0.15) is 0 Å². The summed E-state index contributed by atoms with van der Waals surface area (Å²) in [4.78, 5) is 3.80. The SMILES string of the molecule is Cc1c(CBr)cc(I)nc1C(F)F. The molecule has 0 aromatic carbocycles. The summed E-state index contributed by atoms with van der Waals surface area (Å²) >= 11 is 5.19. The molecule has 72 valence electrons. The predicted molar refractivity (Wildman–Crippen MR) is 59.3 cm³/mol. The van der Waals surface area contributed by atoms with Crippen molar-refractivity contribution in [1.82, 2.24) is 4.98 Å². The monoisotopic (exact) mass is 361 g/mol. The van der Waals surface area contributed by atoms with E-state index in [1.807, 2.05) is 22.6 Å². The van der Waals surface area contributed by atoms with Crippen LogP contribution in [-0.2, 0) is 5.33 Å². The number of hydrogen-bond donors (Lipinski definition) is 0. The summed E-state index contributed by atoms with van der Waals surface area (Å²) in [5, 5.41) is 0.580. The fourth-order valence-electron chi connectivity index (χ4n) is 0.999. The molecule has 0 saturated carbocycles. The van der Waals surface area contributed by atoms with Crippen LogP contribution in [0.5, 0.6) is 0 Å². The number of hydrogen-bond acceptors (Lipinski definition) is 1. The molecule has 0 spiro atoms. The summed E-state index contributed by atoms with van der Waals surface area (Å²) in [6.07, 6.45) is -2.49. The molecular weight excluding hydrogens is 355 g/mol. The first-order valence-corrected chi connectivity index (χ1v) is 5.76. The molecule has 1 aromatic heterocycles. The third-order valence-corrected chi connectivity index (χ3v) is 2.89. The Balaban J connectivity index is 3.27. The fourth-order valence-corrected chi connectivity index (χ4v) is 2.22. The average molecular weight is 362 g/mol. The van der Waals surface area contributed by atoms with Gasteiger partial charge in [0.25, 0.3) is 6.43 Å². The van der Waals surface area contributed by atoms with Gasteiger partial charge in [-0.15, -0.1) is 0 Å². The molecule has 0 saturated heterocycles. The van der Waals surface area contributed by atoms with Crippen LogP contribution in [0, 0.1) is 10.6 Å². The summed E-state index contributed by atoms with van der Waals surface area (Å²) < 4.78 is 25.5. The van der Waals surface area contributed by atoms with Crippen molar-refractivity contribution in [3.05, 3.63) is 26.6 Å². The zero-order valence-electron chi connectivity index (χ0n) is 6.82. The van der Waals surface area contributed by atoms with Crippen molar-refractivity contribution < 1.29 is 8.78 Å². The summed E-state index contributed by atoms with van der Waals surface area (Å²) in [5.41, 5.74) is 1.34. The number of aromatic nitrogens is 1. The lowest BCUT2D eigenvalue weighted by Gasteiger charge is -2.08. The highest BCUT2D eigenvalue weighted by atomic mass is 127. The van der Waals surface area contributed by atoms with Gasteiger partial charge in [0.2, 0.25) is 0 Å². The molecular formula is C8H7BrF2IN. The van der Waals surface area contributed by atoms with Crippen molar-refractivity contribution in [2.24, 2.45) is 0 Å². The van der Waals surface area contributed by atoms with Crippen molar-refractivity contribution in [3.63, 3.8) is 0 Å². The Labute approximate surface area is 97.2 Å². The van der Waals surface area contributed by atoms with Crippen molar-refractivity contribution >= 4 is 38.5 Å². The molecule has 0 unspecified atom stereocenters. The molecule has 0 aliphatic heterocycles. The molecule has 1 rings (SSSR count). The van der Waals surface area contributed by atoms with E-state index in [0.29, 0.717) is 14.6 Å². The molecule has 0 amide bonds. The standard InChI is InChI=1S/C8H7BrF2IN/c1-4-5(3-9)2-6(12)13-7(4)8(10)11/h2,8H,3H2,1H3. The van der Waals surface area contributed by atoms with Crippen LogP contribution in [0.15, 0.2) is 6.07 Å². The minimum Gasteiger partial charge on any atom is -0.241 e. The van der Waals surface area contributed by atoms with Gasteiger partial charge in [-0.1, -0.05) is 15.9 Å². The number of alkyl halides is 3. The second-order valence-electron chi connectivity index (χ2n) is 2.55. The van der Waals surface area contributed by atoms with E-state index in [4.69, 9.17) is 0 Å². The van der Waals surface area contributed by atoms with Gasteiger partial charge in [-0.05, 0) is 46.7 Å². The highest BCUT2D eigenvalue weighted by Crippen LogP contribution is 2.25. The van der Waals surface area contributed by atoms with Gasteiger partial charge in [-0.25, -0.2) is 13.8 Å². The van der Waals surface area contributed by atoms with E-state index in [0.717, 1.165) is 5.56 Å². The Morgan fingerprint density at radius 3 is 2.69 bits per heavy atom. The quantitative estimate of drug-likeness (QED) is 0.443. The lowest BCUT2D eigenvalue weighted by molar-refractivity contribution is 0.145. The van der Waals surface area contributed by atoms with Crippen LogP contribution in [0.3, 0.4) is 0 Å². The van der Waals surface area contributed by atoms with Crippen LogP contribution in [-0.4, -0.2) is 4.98 Å². The lowest BCUT2D eigenvalue weighted by atomic mass is 10.1. The van der Waals surface area contributed by atoms with Crippen LogP contribution in [0.25, 0.3) is 0 Å². The summed E-state index contributed by atoms with van der Waals surface area (Å²) in [7, 11) is 0. The maximum Gasteiger partial charge on any atom is 0.280 e. The lowest BCUT2D eigenvalue weighted by Crippen LogP contribution is -2.00. The number of pyridine rings is 1. The summed E-state index contributed by atoms with van der Waals surface area (Å²) in [6, 6.07) is 1.80. The molecule has 0 aliphatic rings. The Bertz CT molecular complexity index is 317. The molecule has 0 radical (unpaired) electrons. The smallest absolute Gasteiger partial charge is 0.241 e. The molecule has 1 nitrogen and oxygen atoms in total. The largest absolute Gasteiger partial charge is 0.280 e. The Kier molecular flexibility index (Phi) is 4.03. The first-order chi connectivity index (χ1) is 6.06. The van der Waals surface area contributed by atoms with Gasteiger partial charge in [0.05, 0.1) is 0 Å². The average Bonchev–Trinajstić information content (AvgIpc) is 2.08. The van der Waals surface area contributed by atoms with E-state index in [2.05, 4.69) is 20.9 Å². The van der Waals surface area contributed by atoms with E-state index in [1.165, 1.54) is 0 Å². The molecule has 0 aliphatic carbocycles. The van der Waals surface area contributed by atoms with Crippen molar-refractivity contribution in [2.75, 3.05) is 0 Å². The zero-order chi connectivity index (χ0) is 10.0. The minimum atomic E-state index is -2.49. The fraction of sp³-hybridized carbons (Fsp3) is 0.375. The third-order valence-electron chi connectivity index (χ3n) is 1.74. The number of nitrogens with zero attached hydrogens (tertiary/aromatic N) is 1. The number of rotatable bonds is 2. The molecule has 0 fully saturated rings. The molecule has 5 heteroatoms. The van der Waals surface area contributed by atoms with Crippen molar-refractivity contribution in [1.29, 1.82) is 0 Å². The Morgan fingerprint density at radius 1 is 1.62 bits per heavy atom. The van der Waals surface area contributed by atoms with Crippen LogP contribution in [0.1, 0.15) is 23.2 Å². The third kappa shape index (κ3) is 2.59. The topological polar surface area (TPSA) is 12.9 Å². The van der Waals surface area contributed by atoms with Gasteiger partial charge in [0.15, 0.2) is 0 Å². The van der Waals surface area contributed by atoms with Crippen molar-refractivity contribution in [3.8, 4) is 0 Å². The second kappa shape index (κ2) is 4.63. The van der Waals surface area contributed by atoms with Crippen LogP contribution >= 0.6 is 38.5 Å². The van der Waals surface area contributed by atoms with Crippen LogP contribution in [0.2, 0.25) is 0 Å². The Hall–Kier alpha value is 0.220. The molecule has 1 heterocycles. The van der Waals surface area contributed by atoms with Gasteiger partial charge in [-0.3, -0.25) is 0 Å². The first kappa shape index (κ1) is 11.3. The maximum absolute atomic E-state index is 12.4. The molecule has 13 heavy (non-hydrogen) atoms. The first-order valence-electron chi connectivity index (χ1n) is 3.56. The molecule has 1 aromatic rings. The van der Waals surface area contributed by atoms with Crippen LogP contribution < -0.4 is 0 Å². The zero-order valence-corrected chi connectivity index (χ0v) is 10.6. The van der Waals surface area contributed by atoms with Gasteiger partial charge < -0.3 is 0 Å². The summed E-state index contributed by atoms with van der Waals surface area (Å²) in [5.74, 6) is 0. The highest BCUT2D eigenvalue weighted by molar-refractivity contribution is 14.1. The van der Waals surface area contributed by atoms with Crippen molar-refractivity contribution in [2.45, 2.75) is 18.7 Å². The maximum atomic E-state index is 12.4. The van der Waals surface area contributed by atoms with Gasteiger partial charge in [0, 0.05) is 5.33 Å². The Morgan fingerprint density at radius 2 is 2.23 bits per heavy atom. The normalized spacial score (nSPS) is 10.9. The van der Waals surface area contributed by atoms with Crippen LogP contribution in [0.4, 0.5) is 8.78 Å². The van der Waals surface area contributed by atoms with Gasteiger partial charge >= 0.3 is 0 Å². The van der Waals surface area contributed by atoms with E-state index >= 15 is 0 Å². The van der Waals surface area contributed by atoms with E-state index in [-0.39, 0.29) is 5.69 Å². The predicted octanol–water partition coefficient (Wildman–Crippen LogP) is 3.83. The highest BCUT2D eigenvalue weighted by Gasteiger charge is 2.15. The molecule has 0 atom stereocenters. The van der Waals surface area contributed by atoms with E-state index in [1.54, 1.807) is 13.0 Å². The summed E-state index contributed by atoms with van der Waals surface area (Å²) in [6.45, 7) is 1.67. The van der Waals surface area contributed by atoms with Gasteiger partial charge in [0.1, 0.15) is 9.39 Å². The minimum absolute atomic E-state index is 0.110. The molecule has 0 bridgehead atoms. The van der Waals surface area contributed by atoms with E-state index < -0.39 is 6.43 Å². The number of halogens is 4. The molecule has 0 N–H and O–H groups in total. The van der Waals surface area contributed by atoms with E-state index in [9.17, 15) is 8.78 Å².